The van der Waals surface area contributed by atoms with Gasteiger partial charge in [-0.05, 0) is 163 Å². The fourth-order valence-electron chi connectivity index (χ4n) is 14.4. The van der Waals surface area contributed by atoms with Gasteiger partial charge >= 0.3 is 0 Å². The van der Waals surface area contributed by atoms with Gasteiger partial charge in [0.05, 0.1) is 24.4 Å². The lowest BCUT2D eigenvalue weighted by atomic mass is 9.82. The third kappa shape index (κ3) is 25.8. The Bertz CT molecular complexity index is 3760. The van der Waals surface area contributed by atoms with E-state index < -0.39 is 185 Å². The first-order valence-electron chi connectivity index (χ1n) is 38.7. The molecule has 3 fully saturated rings. The van der Waals surface area contributed by atoms with Gasteiger partial charge in [0.15, 0.2) is 0 Å². The second-order valence-corrected chi connectivity index (χ2v) is 33.9. The molecule has 34 heteroatoms. The Hall–Kier alpha value is -8.44. The van der Waals surface area contributed by atoms with Crippen molar-refractivity contribution in [2.45, 2.75) is 280 Å². The van der Waals surface area contributed by atoms with Crippen molar-refractivity contribution in [1.82, 2.24) is 73.4 Å². The molecule has 0 radical (unpaired) electrons. The molecule has 18 N–H and O–H groups in total. The van der Waals surface area contributed by atoms with Crippen LogP contribution in [0.5, 0.6) is 0 Å². The third-order valence-corrected chi connectivity index (χ3v) is 23.6. The van der Waals surface area contributed by atoms with E-state index in [1.165, 1.54) is 63.0 Å². The number of nitrogens with one attached hydrogen (secondary N) is 12. The minimum absolute atomic E-state index is 0.000431. The number of hydrogen-bond donors (Lipinski definition) is 17. The number of nitrogens with two attached hydrogens (primary N) is 1. The SMILES string of the molecule is CCC[C@@H]1NC(=O)[C@H](Cc2c[nH]c3ncccc23)NC(=O)[C@H]([C@@H](C)O)NC(=O)[C@@H]2CCCN2C(=O)[C@H](CC2CCC(O)CC2)NC(=O)[C@H](C(C)(C)C)NC(=O)[C@@H](NC(C)=O)CSCc2cccc(c2)CSC[C@H](C(N)=O)NC(=O)[C@H]([C@@H](C)O)NC(=O)[C@](C)(C(C)C)NC(=O)[C@H](CC2CCC(O)CC2)NC(=O)[C@H](C)NC1=O. The molecule has 614 valence electrons. The van der Waals surface area contributed by atoms with Crippen LogP contribution in [0, 0.1) is 23.2 Å². The maximum absolute atomic E-state index is 15.2. The van der Waals surface area contributed by atoms with E-state index >= 15 is 4.79 Å². The average Bonchev–Trinajstić information content (AvgIpc) is 1.62. The molecule has 2 aliphatic heterocycles. The normalized spacial score (nSPS) is 30.1. The Morgan fingerprint density at radius 2 is 1.21 bits per heavy atom. The van der Waals surface area contributed by atoms with Crippen LogP contribution in [0.1, 0.15) is 183 Å². The molecule has 13 amide bonds. The monoisotopic (exact) mass is 1590 g/mol. The smallest absolute Gasteiger partial charge is 0.246 e. The van der Waals surface area contributed by atoms with E-state index in [-0.39, 0.29) is 62.0 Å². The van der Waals surface area contributed by atoms with Gasteiger partial charge in [0.1, 0.15) is 77.6 Å². The number of aromatic nitrogens is 2. The van der Waals surface area contributed by atoms with Crippen molar-refractivity contribution in [3.8, 4) is 0 Å². The van der Waals surface area contributed by atoms with Gasteiger partial charge in [0.25, 0.3) is 0 Å². The molecule has 14 atom stereocenters. The second-order valence-electron chi connectivity index (χ2n) is 31.8. The first-order valence-corrected chi connectivity index (χ1v) is 41.0. The quantitative estimate of drug-likeness (QED) is 0.112. The van der Waals surface area contributed by atoms with Crippen LogP contribution in [0.2, 0.25) is 0 Å². The average molecular weight is 1590 g/mol. The van der Waals surface area contributed by atoms with Crippen molar-refractivity contribution in [3.63, 3.8) is 0 Å². The number of nitrogens with zero attached hydrogens (tertiary/aromatic N) is 2. The predicted octanol–water partition coefficient (Wildman–Crippen LogP) is 0.671. The number of primary amides is 1. The standard InChI is InChI=1S/C77H117N15O17S2/c1-12-16-53-66(100)81-41(4)65(99)84-54(32-45-21-25-50(96)26-22-45)69(103)91-77(11,40(2)3)75(109)89-61(43(6)94)72(106)87-57(63(78)98)38-110-36-47-17-13-18-48(31-47)37-111-39-58(82-44(7)95)68(102)90-62(76(8,9)10)73(107)86-56(33-46-23-27-51(97)28-24-46)74(108)92-30-15-20-59(92)70(104)88-60(42(5)93)71(105)85-55(67(101)83-53)34-49-35-80-64-52(49)19-14-29-79-64/h13-14,17-19,29,31,35,40-43,45-46,50-51,53-62,93-94,96-97H,12,15-16,20-28,30,32-34,36-39H2,1-11H3,(H2,78,98)(H,79,80)(H,81,100)(H,82,95)(H,83,101)(H,84,99)(H,85,105)(H,86,107)(H,87,106)(H,88,104)(H,89,109)(H,90,102)(H,91,103)/t41-,42+,43+,45?,46?,50?,51?,53-,54-,55-,56-,57+,58-,59-,60-,61-,62+,77-/m0/s1. The highest BCUT2D eigenvalue weighted by atomic mass is 32.2. The van der Waals surface area contributed by atoms with Crippen LogP contribution >= 0.6 is 23.5 Å². The summed E-state index contributed by atoms with van der Waals surface area (Å²) < 4.78 is 0. The first kappa shape index (κ1) is 89.8. The molecule has 1 aromatic carbocycles. The van der Waals surface area contributed by atoms with Crippen molar-refractivity contribution < 1.29 is 82.8 Å². The lowest BCUT2D eigenvalue weighted by molar-refractivity contribution is -0.144. The Balaban J connectivity index is 1.22. The number of aliphatic hydroxyl groups is 4. The van der Waals surface area contributed by atoms with Crippen molar-refractivity contribution in [2.24, 2.45) is 28.9 Å². The maximum Gasteiger partial charge on any atom is 0.246 e. The van der Waals surface area contributed by atoms with Gasteiger partial charge in [-0.3, -0.25) is 62.3 Å². The van der Waals surface area contributed by atoms with E-state index in [0.29, 0.717) is 92.3 Å². The van der Waals surface area contributed by atoms with E-state index in [9.17, 15) is 78.0 Å². The number of carbonyl (C=O) groups excluding carboxylic acids is 13. The van der Waals surface area contributed by atoms with Crippen LogP contribution in [0.15, 0.2) is 48.8 Å². The Labute approximate surface area is 657 Å². The summed E-state index contributed by atoms with van der Waals surface area (Å²) in [5, 5.41) is 73.8. The number of hydrogen-bond acceptors (Lipinski definition) is 20. The van der Waals surface area contributed by atoms with Crippen LogP contribution in [-0.2, 0) is 80.3 Å². The minimum Gasteiger partial charge on any atom is -0.393 e. The molecule has 7 rings (SSSR count). The number of aliphatic hydroxyl groups excluding tert-OH is 4. The van der Waals surface area contributed by atoms with Gasteiger partial charge in [-0.1, -0.05) is 72.2 Å². The highest BCUT2D eigenvalue weighted by Crippen LogP contribution is 2.32. The van der Waals surface area contributed by atoms with Crippen LogP contribution in [0.25, 0.3) is 11.0 Å². The molecule has 2 aliphatic carbocycles. The topological polar surface area (TPSA) is 493 Å². The Kier molecular flexibility index (Phi) is 33.5. The van der Waals surface area contributed by atoms with Crippen molar-refractivity contribution in [3.05, 3.63) is 65.5 Å². The summed E-state index contributed by atoms with van der Waals surface area (Å²) in [6, 6.07) is -4.60. The summed E-state index contributed by atoms with van der Waals surface area (Å²) in [7, 11) is 0. The van der Waals surface area contributed by atoms with Crippen molar-refractivity contribution in [2.75, 3.05) is 18.1 Å². The summed E-state index contributed by atoms with van der Waals surface area (Å²) in [5.74, 6) is -11.1. The highest BCUT2D eigenvalue weighted by Gasteiger charge is 2.46. The molecule has 0 unspecified atom stereocenters. The third-order valence-electron chi connectivity index (χ3n) is 21.4. The summed E-state index contributed by atoms with van der Waals surface area (Å²) in [6.07, 6.45) is 3.10. The van der Waals surface area contributed by atoms with Crippen molar-refractivity contribution in [1.29, 1.82) is 0 Å². The maximum atomic E-state index is 15.2. The number of carbonyl (C=O) groups is 13. The van der Waals surface area contributed by atoms with Crippen LogP contribution in [-0.4, -0.2) is 227 Å². The number of thioether (sulfide) groups is 2. The van der Waals surface area contributed by atoms with E-state index in [4.69, 9.17) is 5.73 Å². The van der Waals surface area contributed by atoms with Crippen molar-refractivity contribution >= 4 is 111 Å². The molecule has 111 heavy (non-hydrogen) atoms. The number of benzene rings is 1. The van der Waals surface area contributed by atoms with Gasteiger partial charge in [-0.2, -0.15) is 23.5 Å². The molecule has 2 saturated carbocycles. The molecular weight excluding hydrogens is 1470 g/mol. The predicted molar refractivity (Wildman–Crippen MR) is 417 cm³/mol. The second kappa shape index (κ2) is 41.4. The molecule has 4 aliphatic rings. The van der Waals surface area contributed by atoms with Gasteiger partial charge in [0, 0.05) is 60.7 Å². The highest BCUT2D eigenvalue weighted by molar-refractivity contribution is 7.98. The Morgan fingerprint density at radius 3 is 1.78 bits per heavy atom. The van der Waals surface area contributed by atoms with Gasteiger partial charge in [0.2, 0.25) is 76.8 Å². The van der Waals surface area contributed by atoms with E-state index in [2.05, 4.69) is 68.5 Å². The molecule has 3 aromatic rings. The van der Waals surface area contributed by atoms with E-state index in [1.54, 1.807) is 66.1 Å². The number of pyridine rings is 1. The summed E-state index contributed by atoms with van der Waals surface area (Å²) in [4.78, 5) is 196. The molecule has 2 bridgehead atoms. The van der Waals surface area contributed by atoms with Crippen LogP contribution < -0.4 is 64.2 Å². The van der Waals surface area contributed by atoms with Crippen LogP contribution in [0.3, 0.4) is 0 Å². The number of H-pyrrole nitrogens is 1. The van der Waals surface area contributed by atoms with E-state index in [0.717, 1.165) is 11.1 Å². The molecule has 1 saturated heterocycles. The largest absolute Gasteiger partial charge is 0.393 e. The fourth-order valence-corrected chi connectivity index (χ4v) is 16.4. The summed E-state index contributed by atoms with van der Waals surface area (Å²) in [5.41, 5.74) is 5.54. The number of amides is 13. The molecule has 0 spiro atoms. The molecule has 2 aromatic heterocycles. The van der Waals surface area contributed by atoms with Crippen LogP contribution in [0.4, 0.5) is 0 Å². The Morgan fingerprint density at radius 1 is 0.649 bits per heavy atom. The number of rotatable bonds is 13. The van der Waals surface area contributed by atoms with Gasteiger partial charge in [-0.15, -0.1) is 0 Å². The number of fused-ring (bicyclic) bond motifs is 4. The zero-order valence-corrected chi connectivity index (χ0v) is 67.2. The summed E-state index contributed by atoms with van der Waals surface area (Å²) in [6.45, 7) is 16.7. The zero-order valence-electron chi connectivity index (χ0n) is 65.5. The van der Waals surface area contributed by atoms with E-state index in [1.807, 2.05) is 24.3 Å². The molecule has 32 nitrogen and oxygen atoms in total. The summed E-state index contributed by atoms with van der Waals surface area (Å²) >= 11 is 2.56. The first-order chi connectivity index (χ1) is 52.4. The fraction of sp³-hybridized carbons (Fsp3) is 0.662. The van der Waals surface area contributed by atoms with Gasteiger partial charge in [-0.25, -0.2) is 4.98 Å². The molecule has 4 heterocycles. The number of aromatic amines is 1. The van der Waals surface area contributed by atoms with Gasteiger partial charge < -0.3 is 94.5 Å². The lowest BCUT2D eigenvalue weighted by Gasteiger charge is -2.37. The zero-order chi connectivity index (χ0) is 81.8. The molecular formula is C77H117N15O17S2. The minimum atomic E-state index is -1.85. The lowest BCUT2D eigenvalue weighted by Crippen LogP contribution is -2.67.